The van der Waals surface area contributed by atoms with Gasteiger partial charge in [0.2, 0.25) is 0 Å². The van der Waals surface area contributed by atoms with Crippen molar-refractivity contribution in [3.05, 3.63) is 35.4 Å². The summed E-state index contributed by atoms with van der Waals surface area (Å²) >= 11 is 0. The largest absolute Gasteiger partial charge is 0.300 e. The molecule has 0 heterocycles. The quantitative estimate of drug-likeness (QED) is 0.683. The number of aldehydes is 1. The lowest BCUT2D eigenvalue weighted by atomic mass is 9.92. The molecule has 0 aliphatic carbocycles. The van der Waals surface area contributed by atoms with Crippen LogP contribution in [0.2, 0.25) is 0 Å². The molecule has 0 amide bonds. The van der Waals surface area contributed by atoms with Crippen LogP contribution in [0.4, 0.5) is 0 Å². The molecule has 0 bridgehead atoms. The molecule has 14 heavy (non-hydrogen) atoms. The van der Waals surface area contributed by atoms with Gasteiger partial charge >= 0.3 is 0 Å². The molecule has 1 rings (SSSR count). The minimum absolute atomic E-state index is 0.00140. The molecule has 0 saturated carbocycles. The van der Waals surface area contributed by atoms with Crippen LogP contribution in [-0.2, 0) is 5.54 Å². The van der Waals surface area contributed by atoms with E-state index in [-0.39, 0.29) is 5.54 Å². The van der Waals surface area contributed by atoms with Gasteiger partial charge < -0.3 is 4.90 Å². The van der Waals surface area contributed by atoms with Gasteiger partial charge in [-0.25, -0.2) is 0 Å². The first-order valence-corrected chi connectivity index (χ1v) is 4.71. The Morgan fingerprint density at radius 2 is 1.64 bits per heavy atom. The molecule has 0 aromatic heterocycles. The fraction of sp³-hybridized carbons (Fsp3) is 0.417. The van der Waals surface area contributed by atoms with Crippen LogP contribution in [0.15, 0.2) is 24.3 Å². The summed E-state index contributed by atoms with van der Waals surface area (Å²) in [6, 6.07) is 7.72. The average molecular weight is 191 g/mol. The van der Waals surface area contributed by atoms with Gasteiger partial charge in [-0.05, 0) is 33.5 Å². The first kappa shape index (κ1) is 10.9. The van der Waals surface area contributed by atoms with E-state index in [1.54, 1.807) is 0 Å². The van der Waals surface area contributed by atoms with Crippen LogP contribution in [0.3, 0.4) is 0 Å². The molecular weight excluding hydrogens is 174 g/mol. The van der Waals surface area contributed by atoms with Crippen molar-refractivity contribution in [1.82, 2.24) is 4.90 Å². The number of benzene rings is 1. The number of hydrogen-bond donors (Lipinski definition) is 0. The zero-order valence-corrected chi connectivity index (χ0v) is 9.24. The Hall–Kier alpha value is -1.15. The Morgan fingerprint density at radius 3 is 2.00 bits per heavy atom. The monoisotopic (exact) mass is 191 g/mol. The van der Waals surface area contributed by atoms with Crippen LogP contribution in [0.5, 0.6) is 0 Å². The van der Waals surface area contributed by atoms with Crippen molar-refractivity contribution in [3.8, 4) is 0 Å². The molecule has 1 aromatic rings. The maximum absolute atomic E-state index is 10.5. The average Bonchev–Trinajstić information content (AvgIpc) is 2.17. The van der Waals surface area contributed by atoms with Crippen LogP contribution < -0.4 is 0 Å². The molecule has 2 heteroatoms. The second-order valence-corrected chi connectivity index (χ2v) is 4.19. The lowest BCUT2D eigenvalue weighted by molar-refractivity contribution is 0.112. The summed E-state index contributed by atoms with van der Waals surface area (Å²) in [5.41, 5.74) is 1.94. The van der Waals surface area contributed by atoms with Crippen molar-refractivity contribution >= 4 is 6.29 Å². The van der Waals surface area contributed by atoms with Crippen molar-refractivity contribution in [3.63, 3.8) is 0 Å². The first-order valence-electron chi connectivity index (χ1n) is 4.71. The van der Waals surface area contributed by atoms with Crippen LogP contribution in [0, 0.1) is 0 Å². The molecule has 0 fully saturated rings. The third-order valence-electron chi connectivity index (χ3n) is 2.87. The zero-order valence-electron chi connectivity index (χ0n) is 9.24. The van der Waals surface area contributed by atoms with Gasteiger partial charge in [0.15, 0.2) is 0 Å². The normalized spacial score (nSPS) is 11.8. The molecule has 0 atom stereocenters. The number of carbonyl (C=O) groups is 1. The molecule has 0 N–H and O–H groups in total. The van der Waals surface area contributed by atoms with Crippen molar-refractivity contribution in [1.29, 1.82) is 0 Å². The number of rotatable bonds is 3. The Kier molecular flexibility index (Phi) is 3.06. The van der Waals surface area contributed by atoms with Crippen molar-refractivity contribution in [2.45, 2.75) is 19.4 Å². The zero-order chi connectivity index (χ0) is 10.8. The first-order chi connectivity index (χ1) is 6.48. The van der Waals surface area contributed by atoms with Crippen LogP contribution >= 0.6 is 0 Å². The third-order valence-corrected chi connectivity index (χ3v) is 2.87. The molecule has 0 saturated heterocycles. The highest BCUT2D eigenvalue weighted by molar-refractivity contribution is 5.74. The Morgan fingerprint density at radius 1 is 1.14 bits per heavy atom. The maximum Gasteiger partial charge on any atom is 0.150 e. The number of hydrogen-bond acceptors (Lipinski definition) is 2. The van der Waals surface area contributed by atoms with E-state index in [9.17, 15) is 4.79 Å². The number of nitrogens with zero attached hydrogens (tertiary/aromatic N) is 1. The molecule has 0 radical (unpaired) electrons. The highest BCUT2D eigenvalue weighted by Crippen LogP contribution is 2.24. The van der Waals surface area contributed by atoms with Gasteiger partial charge in [0, 0.05) is 11.1 Å². The van der Waals surface area contributed by atoms with E-state index >= 15 is 0 Å². The Balaban J connectivity index is 3.02. The fourth-order valence-electron chi connectivity index (χ4n) is 1.23. The highest BCUT2D eigenvalue weighted by atomic mass is 16.1. The Bertz CT molecular complexity index is 312. The molecule has 1 aromatic carbocycles. The lowest BCUT2D eigenvalue weighted by Crippen LogP contribution is -2.35. The van der Waals surface area contributed by atoms with Crippen LogP contribution in [0.1, 0.15) is 29.8 Å². The van der Waals surface area contributed by atoms with E-state index in [1.165, 1.54) is 5.56 Å². The van der Waals surface area contributed by atoms with Gasteiger partial charge in [0.05, 0.1) is 0 Å². The summed E-state index contributed by atoms with van der Waals surface area (Å²) in [5, 5.41) is 0. The minimum atomic E-state index is 0.00140. The van der Waals surface area contributed by atoms with Gasteiger partial charge in [-0.3, -0.25) is 4.79 Å². The molecule has 2 nitrogen and oxygen atoms in total. The molecule has 0 spiro atoms. The van der Waals surface area contributed by atoms with E-state index in [0.29, 0.717) is 0 Å². The van der Waals surface area contributed by atoms with Crippen molar-refractivity contribution in [2.75, 3.05) is 14.1 Å². The lowest BCUT2D eigenvalue weighted by Gasteiger charge is -2.33. The Labute approximate surface area is 85.5 Å². The summed E-state index contributed by atoms with van der Waals surface area (Å²) < 4.78 is 0. The highest BCUT2D eigenvalue weighted by Gasteiger charge is 2.22. The van der Waals surface area contributed by atoms with E-state index < -0.39 is 0 Å². The van der Waals surface area contributed by atoms with Gasteiger partial charge in [0.25, 0.3) is 0 Å². The SMILES string of the molecule is CN(C)C(C)(C)c1ccc(C=O)cc1. The van der Waals surface area contributed by atoms with Crippen LogP contribution in [0.25, 0.3) is 0 Å². The topological polar surface area (TPSA) is 20.3 Å². The fourth-order valence-corrected chi connectivity index (χ4v) is 1.23. The van der Waals surface area contributed by atoms with Gasteiger partial charge in [-0.1, -0.05) is 24.3 Å². The second kappa shape index (κ2) is 3.93. The summed E-state index contributed by atoms with van der Waals surface area (Å²) in [4.78, 5) is 12.6. The van der Waals surface area contributed by atoms with Gasteiger partial charge in [0.1, 0.15) is 6.29 Å². The summed E-state index contributed by atoms with van der Waals surface area (Å²) in [5.74, 6) is 0. The van der Waals surface area contributed by atoms with E-state index in [1.807, 2.05) is 38.4 Å². The third kappa shape index (κ3) is 2.02. The number of carbonyl (C=O) groups excluding carboxylic acids is 1. The molecule has 0 unspecified atom stereocenters. The summed E-state index contributed by atoms with van der Waals surface area (Å²) in [6.45, 7) is 4.31. The smallest absolute Gasteiger partial charge is 0.150 e. The molecular formula is C12H17NO. The maximum atomic E-state index is 10.5. The standard InChI is InChI=1S/C12H17NO/c1-12(2,13(3)4)11-7-5-10(9-14)6-8-11/h5-9H,1-4H3. The van der Waals surface area contributed by atoms with Gasteiger partial charge in [-0.15, -0.1) is 0 Å². The van der Waals surface area contributed by atoms with E-state index in [4.69, 9.17) is 0 Å². The summed E-state index contributed by atoms with van der Waals surface area (Å²) in [7, 11) is 4.10. The predicted molar refractivity (Wildman–Crippen MR) is 58.5 cm³/mol. The predicted octanol–water partition coefficient (Wildman–Crippen LogP) is 2.30. The molecule has 76 valence electrons. The van der Waals surface area contributed by atoms with Crippen molar-refractivity contribution in [2.24, 2.45) is 0 Å². The van der Waals surface area contributed by atoms with Crippen LogP contribution in [-0.4, -0.2) is 25.3 Å². The van der Waals surface area contributed by atoms with E-state index in [2.05, 4.69) is 18.7 Å². The molecule has 0 aliphatic heterocycles. The molecule has 0 aliphatic rings. The minimum Gasteiger partial charge on any atom is -0.300 e. The van der Waals surface area contributed by atoms with E-state index in [0.717, 1.165) is 11.8 Å². The van der Waals surface area contributed by atoms with Crippen molar-refractivity contribution < 1.29 is 4.79 Å². The van der Waals surface area contributed by atoms with Gasteiger partial charge in [-0.2, -0.15) is 0 Å². The second-order valence-electron chi connectivity index (χ2n) is 4.19. The summed E-state index contributed by atoms with van der Waals surface area (Å²) in [6.07, 6.45) is 0.867.